The molecule has 0 aliphatic rings. The molecule has 27 heavy (non-hydrogen) atoms. The molecule has 0 saturated carbocycles. The number of pyridine rings is 1. The maximum Gasteiger partial charge on any atom is 0.279 e. The largest absolute Gasteiger partial charge is 0.505 e. The summed E-state index contributed by atoms with van der Waals surface area (Å²) in [4.78, 5) is 20.5. The van der Waals surface area contributed by atoms with Crippen LogP contribution in [0.5, 0.6) is 17.2 Å². The molecule has 6 nitrogen and oxygen atoms in total. The van der Waals surface area contributed by atoms with Crippen molar-refractivity contribution in [3.63, 3.8) is 0 Å². The summed E-state index contributed by atoms with van der Waals surface area (Å²) < 4.78 is 6.64. The Labute approximate surface area is 163 Å². The van der Waals surface area contributed by atoms with Crippen molar-refractivity contribution >= 4 is 44.2 Å². The van der Waals surface area contributed by atoms with Gasteiger partial charge in [-0.15, -0.1) is 0 Å². The highest BCUT2D eigenvalue weighted by Gasteiger charge is 2.15. The topological polar surface area (TPSA) is 84.3 Å². The molecule has 2 aromatic heterocycles. The Morgan fingerprint density at radius 2 is 2.00 bits per heavy atom. The summed E-state index contributed by atoms with van der Waals surface area (Å²) >= 11 is 7.41. The first kappa shape index (κ1) is 17.3. The molecule has 4 aromatic rings. The zero-order valence-electron chi connectivity index (χ0n) is 13.7. The van der Waals surface area contributed by atoms with Crippen LogP contribution < -0.4 is 10.1 Å². The molecule has 134 valence electrons. The van der Waals surface area contributed by atoms with Crippen molar-refractivity contribution in [2.45, 2.75) is 0 Å². The summed E-state index contributed by atoms with van der Waals surface area (Å²) in [6.45, 7) is 0. The molecule has 8 heteroatoms. The van der Waals surface area contributed by atoms with Gasteiger partial charge in [0.2, 0.25) is 0 Å². The van der Waals surface area contributed by atoms with Gasteiger partial charge in [-0.25, -0.2) is 9.97 Å². The number of carbonyl (C=O) groups is 1. The number of benzene rings is 2. The normalized spacial score (nSPS) is 10.7. The average molecular weight is 398 g/mol. The lowest BCUT2D eigenvalue weighted by atomic mass is 10.3. The van der Waals surface area contributed by atoms with Crippen molar-refractivity contribution in [2.24, 2.45) is 0 Å². The Hall–Kier alpha value is -3.16. The van der Waals surface area contributed by atoms with Gasteiger partial charge in [-0.1, -0.05) is 35.1 Å². The zero-order valence-corrected chi connectivity index (χ0v) is 15.3. The fourth-order valence-electron chi connectivity index (χ4n) is 2.40. The Kier molecular flexibility index (Phi) is 4.62. The van der Waals surface area contributed by atoms with Crippen LogP contribution >= 0.6 is 22.9 Å². The van der Waals surface area contributed by atoms with E-state index < -0.39 is 5.91 Å². The van der Waals surface area contributed by atoms with E-state index in [1.165, 1.54) is 23.6 Å². The van der Waals surface area contributed by atoms with Crippen LogP contribution in [0.2, 0.25) is 5.02 Å². The van der Waals surface area contributed by atoms with Gasteiger partial charge in [0.25, 0.3) is 5.91 Å². The number of nitrogens with one attached hydrogen (secondary N) is 1. The van der Waals surface area contributed by atoms with Gasteiger partial charge >= 0.3 is 0 Å². The standard InChI is InChI=1S/C19H12ClN3O3S/c20-12-4-1-2-6-15(12)26-11-7-8-13-16(10-11)27-19(22-13)23-18(25)17-14(24)5-3-9-21-17/h1-10,24H,(H,22,23,25). The van der Waals surface area contributed by atoms with E-state index in [-0.39, 0.29) is 11.4 Å². The molecule has 0 unspecified atom stereocenters. The van der Waals surface area contributed by atoms with Crippen molar-refractivity contribution in [1.29, 1.82) is 0 Å². The van der Waals surface area contributed by atoms with Gasteiger partial charge in [0.05, 0.1) is 15.2 Å². The summed E-state index contributed by atoms with van der Waals surface area (Å²) in [5.74, 6) is 0.452. The number of anilines is 1. The van der Waals surface area contributed by atoms with Crippen LogP contribution in [0.3, 0.4) is 0 Å². The van der Waals surface area contributed by atoms with Crippen molar-refractivity contribution in [2.75, 3.05) is 5.32 Å². The second-order valence-corrected chi connectivity index (χ2v) is 6.94. The van der Waals surface area contributed by atoms with Crippen molar-refractivity contribution in [3.05, 3.63) is 71.5 Å². The minimum Gasteiger partial charge on any atom is -0.505 e. The Balaban J connectivity index is 1.57. The maximum atomic E-state index is 12.3. The lowest BCUT2D eigenvalue weighted by Gasteiger charge is -2.06. The quantitative estimate of drug-likeness (QED) is 0.500. The molecule has 4 rings (SSSR count). The second-order valence-electron chi connectivity index (χ2n) is 5.51. The van der Waals surface area contributed by atoms with Crippen LogP contribution in [0.4, 0.5) is 5.13 Å². The van der Waals surface area contributed by atoms with E-state index in [9.17, 15) is 9.90 Å². The molecule has 0 saturated heterocycles. The number of carbonyl (C=O) groups excluding carboxylic acids is 1. The van der Waals surface area contributed by atoms with Crippen LogP contribution in [0, 0.1) is 0 Å². The van der Waals surface area contributed by atoms with Gasteiger partial charge in [0, 0.05) is 12.3 Å². The number of thiazole rings is 1. The van der Waals surface area contributed by atoms with Crippen molar-refractivity contribution in [1.82, 2.24) is 9.97 Å². The van der Waals surface area contributed by atoms with E-state index in [2.05, 4.69) is 15.3 Å². The Bertz CT molecular complexity index is 1150. The third-order valence-electron chi connectivity index (χ3n) is 3.65. The fraction of sp³-hybridized carbons (Fsp3) is 0. The number of amides is 1. The molecule has 2 N–H and O–H groups in total. The number of rotatable bonds is 4. The SMILES string of the molecule is O=C(Nc1nc2ccc(Oc3ccccc3Cl)cc2s1)c1ncccc1O. The van der Waals surface area contributed by atoms with Crippen LogP contribution in [0.25, 0.3) is 10.2 Å². The summed E-state index contributed by atoms with van der Waals surface area (Å²) in [7, 11) is 0. The van der Waals surface area contributed by atoms with Crippen LogP contribution in [-0.4, -0.2) is 21.0 Å². The first-order valence-corrected chi connectivity index (χ1v) is 9.08. The third-order valence-corrected chi connectivity index (χ3v) is 4.89. The first-order chi connectivity index (χ1) is 13.1. The minimum atomic E-state index is -0.528. The molecule has 1 amide bonds. The van der Waals surface area contributed by atoms with E-state index in [1.807, 2.05) is 18.2 Å². The Morgan fingerprint density at radius 3 is 2.81 bits per heavy atom. The molecule has 0 aliphatic carbocycles. The molecule has 0 radical (unpaired) electrons. The number of hydrogen-bond acceptors (Lipinski definition) is 6. The predicted octanol–water partition coefficient (Wildman–Crippen LogP) is 5.09. The van der Waals surface area contributed by atoms with Crippen molar-refractivity contribution < 1.29 is 14.6 Å². The number of ether oxygens (including phenoxy) is 1. The number of hydrogen-bond donors (Lipinski definition) is 2. The smallest absolute Gasteiger partial charge is 0.279 e. The lowest BCUT2D eigenvalue weighted by Crippen LogP contribution is -2.13. The van der Waals surface area contributed by atoms with E-state index >= 15 is 0 Å². The second kappa shape index (κ2) is 7.22. The van der Waals surface area contributed by atoms with Gasteiger partial charge in [-0.05, 0) is 36.4 Å². The van der Waals surface area contributed by atoms with Crippen LogP contribution in [0.15, 0.2) is 60.8 Å². The fourth-order valence-corrected chi connectivity index (χ4v) is 3.47. The summed E-state index contributed by atoms with van der Waals surface area (Å²) in [6.07, 6.45) is 1.44. The van der Waals surface area contributed by atoms with E-state index in [0.29, 0.717) is 27.2 Å². The highest BCUT2D eigenvalue weighted by atomic mass is 35.5. The van der Waals surface area contributed by atoms with Gasteiger partial charge < -0.3 is 9.84 Å². The van der Waals surface area contributed by atoms with Gasteiger partial charge in [-0.3, -0.25) is 10.1 Å². The molecule has 0 aliphatic heterocycles. The monoisotopic (exact) mass is 397 g/mol. The molecule has 0 atom stereocenters. The van der Waals surface area contributed by atoms with Gasteiger partial charge in [-0.2, -0.15) is 0 Å². The molecule has 2 aromatic carbocycles. The number of nitrogens with zero attached hydrogens (tertiary/aromatic N) is 2. The minimum absolute atomic E-state index is 0.0560. The van der Waals surface area contributed by atoms with E-state index in [0.717, 1.165) is 4.70 Å². The first-order valence-electron chi connectivity index (χ1n) is 7.88. The maximum absolute atomic E-state index is 12.3. The number of para-hydroxylation sites is 1. The Morgan fingerprint density at radius 1 is 1.15 bits per heavy atom. The summed E-state index contributed by atoms with van der Waals surface area (Å²) in [6, 6.07) is 15.6. The third kappa shape index (κ3) is 3.69. The summed E-state index contributed by atoms with van der Waals surface area (Å²) in [5.41, 5.74) is 0.659. The molecule has 0 fully saturated rings. The van der Waals surface area contributed by atoms with E-state index in [4.69, 9.17) is 16.3 Å². The molecule has 2 heterocycles. The molecular formula is C19H12ClN3O3S. The van der Waals surface area contributed by atoms with E-state index in [1.54, 1.807) is 30.3 Å². The van der Waals surface area contributed by atoms with Gasteiger partial charge in [0.1, 0.15) is 17.2 Å². The zero-order chi connectivity index (χ0) is 18.8. The average Bonchev–Trinajstić information content (AvgIpc) is 3.05. The van der Waals surface area contributed by atoms with Crippen LogP contribution in [-0.2, 0) is 0 Å². The highest BCUT2D eigenvalue weighted by molar-refractivity contribution is 7.22. The lowest BCUT2D eigenvalue weighted by molar-refractivity contribution is 0.101. The molecule has 0 bridgehead atoms. The number of aromatic hydroxyl groups is 1. The van der Waals surface area contributed by atoms with Crippen LogP contribution in [0.1, 0.15) is 10.5 Å². The number of aromatic nitrogens is 2. The van der Waals surface area contributed by atoms with Gasteiger partial charge in [0.15, 0.2) is 10.8 Å². The number of halogens is 1. The summed E-state index contributed by atoms with van der Waals surface area (Å²) in [5, 5.41) is 13.3. The number of fused-ring (bicyclic) bond motifs is 1. The predicted molar refractivity (Wildman–Crippen MR) is 105 cm³/mol. The van der Waals surface area contributed by atoms with Crippen molar-refractivity contribution in [3.8, 4) is 17.2 Å². The highest BCUT2D eigenvalue weighted by Crippen LogP contribution is 2.33. The molecule has 0 spiro atoms. The molecular weight excluding hydrogens is 386 g/mol.